The number of nitrogens with one attached hydrogen (secondary N) is 1. The minimum absolute atomic E-state index is 0.0323. The summed E-state index contributed by atoms with van der Waals surface area (Å²) in [5.41, 5.74) is 6.54. The number of methoxy groups -OCH3 is 1. The highest BCUT2D eigenvalue weighted by Crippen LogP contribution is 2.30. The molecule has 0 aliphatic heterocycles. The molecule has 0 atom stereocenters. The number of H-pyrrole nitrogens is 1. The maximum absolute atomic E-state index is 11.5. The average Bonchev–Trinajstić information content (AvgIpc) is 2.45. The Hall–Kier alpha value is -2.48. The zero-order valence-electron chi connectivity index (χ0n) is 11.5. The van der Waals surface area contributed by atoms with Gasteiger partial charge in [0, 0.05) is 22.2 Å². The van der Waals surface area contributed by atoms with Crippen LogP contribution in [0, 0.1) is 6.92 Å². The maximum Gasteiger partial charge on any atom is 0.251 e. The second kappa shape index (κ2) is 6.31. The average molecular weight is 306 g/mol. The van der Waals surface area contributed by atoms with E-state index in [1.165, 1.54) is 17.8 Å². The first kappa shape index (κ1) is 14.9. The summed E-state index contributed by atoms with van der Waals surface area (Å²) in [5.74, 6) is 0.581. The predicted octanol–water partition coefficient (Wildman–Crippen LogP) is 1.33. The van der Waals surface area contributed by atoms with E-state index in [2.05, 4.69) is 15.1 Å². The lowest BCUT2D eigenvalue weighted by Crippen LogP contribution is -2.14. The number of nitrogens with zero attached hydrogens (tertiary/aromatic N) is 2. The molecule has 4 N–H and O–H groups in total. The van der Waals surface area contributed by atoms with Crippen LogP contribution < -0.4 is 16.0 Å². The Morgan fingerprint density at radius 1 is 1.48 bits per heavy atom. The topological polar surface area (TPSA) is 114 Å². The van der Waals surface area contributed by atoms with Gasteiger partial charge in [0.15, 0.2) is 11.0 Å². The van der Waals surface area contributed by atoms with Crippen molar-refractivity contribution in [3.63, 3.8) is 0 Å². The van der Waals surface area contributed by atoms with E-state index in [9.17, 15) is 4.79 Å². The smallest absolute Gasteiger partial charge is 0.251 e. The highest BCUT2D eigenvalue weighted by molar-refractivity contribution is 7.99. The van der Waals surface area contributed by atoms with Crippen LogP contribution in [-0.2, 0) is 0 Å². The molecule has 1 aromatic carbocycles. The van der Waals surface area contributed by atoms with Crippen molar-refractivity contribution in [2.75, 3.05) is 7.11 Å². The molecule has 0 saturated heterocycles. The standard InChI is InChI=1S/C13H14N4O3S/c1-7-5-11(18)16-13(15-7)21-10-6-8(20-2)3-4-9(10)12(14)17-19/h3-6,19H,1-2H3,(H2,14,17)(H,15,16,18). The molecule has 0 unspecified atom stereocenters. The molecule has 0 spiro atoms. The van der Waals surface area contributed by atoms with Crippen molar-refractivity contribution in [1.29, 1.82) is 0 Å². The number of nitrogens with two attached hydrogens (primary N) is 1. The molecule has 0 aliphatic rings. The number of aromatic nitrogens is 2. The Morgan fingerprint density at radius 2 is 2.24 bits per heavy atom. The largest absolute Gasteiger partial charge is 0.497 e. The molecule has 110 valence electrons. The molecule has 2 aromatic rings. The summed E-state index contributed by atoms with van der Waals surface area (Å²) < 4.78 is 5.16. The van der Waals surface area contributed by atoms with Crippen molar-refractivity contribution in [3.05, 3.63) is 45.9 Å². The van der Waals surface area contributed by atoms with E-state index in [0.29, 0.717) is 27.1 Å². The number of amidine groups is 1. The van der Waals surface area contributed by atoms with Crippen LogP contribution >= 0.6 is 11.8 Å². The van der Waals surface area contributed by atoms with Crippen LogP contribution in [-0.4, -0.2) is 28.1 Å². The summed E-state index contributed by atoms with van der Waals surface area (Å²) in [5, 5.41) is 12.3. The van der Waals surface area contributed by atoms with Crippen LogP contribution in [0.4, 0.5) is 0 Å². The maximum atomic E-state index is 11.5. The van der Waals surface area contributed by atoms with Crippen molar-refractivity contribution < 1.29 is 9.94 Å². The normalized spacial score (nSPS) is 11.4. The first-order valence-electron chi connectivity index (χ1n) is 5.95. The van der Waals surface area contributed by atoms with Gasteiger partial charge in [-0.3, -0.25) is 4.79 Å². The lowest BCUT2D eigenvalue weighted by atomic mass is 10.2. The van der Waals surface area contributed by atoms with E-state index >= 15 is 0 Å². The number of aryl methyl sites for hydroxylation is 1. The first-order chi connectivity index (χ1) is 10.0. The van der Waals surface area contributed by atoms with E-state index in [1.807, 2.05) is 0 Å². The van der Waals surface area contributed by atoms with Crippen molar-refractivity contribution >= 4 is 17.6 Å². The molecular formula is C13H14N4O3S. The van der Waals surface area contributed by atoms with E-state index in [-0.39, 0.29) is 11.4 Å². The number of hydrogen-bond acceptors (Lipinski definition) is 6. The molecule has 2 rings (SSSR count). The Labute approximate surface area is 124 Å². The summed E-state index contributed by atoms with van der Waals surface area (Å²) in [6, 6.07) is 6.49. The fraction of sp³-hybridized carbons (Fsp3) is 0.154. The van der Waals surface area contributed by atoms with Crippen LogP contribution in [0.15, 0.2) is 44.3 Å². The Bertz CT molecular complexity index is 742. The molecule has 8 heteroatoms. The molecule has 1 aromatic heterocycles. The van der Waals surface area contributed by atoms with Crippen molar-refractivity contribution in [3.8, 4) is 5.75 Å². The number of oxime groups is 1. The zero-order valence-corrected chi connectivity index (χ0v) is 12.3. The molecular weight excluding hydrogens is 292 g/mol. The molecule has 0 saturated carbocycles. The summed E-state index contributed by atoms with van der Waals surface area (Å²) >= 11 is 1.20. The Balaban J connectivity index is 2.48. The molecule has 0 bridgehead atoms. The molecule has 21 heavy (non-hydrogen) atoms. The number of ether oxygens (including phenoxy) is 1. The molecule has 7 nitrogen and oxygen atoms in total. The van der Waals surface area contributed by atoms with Crippen LogP contribution in [0.25, 0.3) is 0 Å². The quantitative estimate of drug-likeness (QED) is 0.258. The van der Waals surface area contributed by atoms with Gasteiger partial charge < -0.3 is 20.7 Å². The summed E-state index contributed by atoms with van der Waals surface area (Å²) in [7, 11) is 1.54. The second-order valence-corrected chi connectivity index (χ2v) is 5.17. The van der Waals surface area contributed by atoms with E-state index in [0.717, 1.165) is 0 Å². The number of hydrogen-bond donors (Lipinski definition) is 3. The van der Waals surface area contributed by atoms with Gasteiger partial charge >= 0.3 is 0 Å². The lowest BCUT2D eigenvalue weighted by molar-refractivity contribution is 0.318. The molecule has 0 fully saturated rings. The molecule has 0 aliphatic carbocycles. The van der Waals surface area contributed by atoms with Gasteiger partial charge in [-0.05, 0) is 25.1 Å². The summed E-state index contributed by atoms with van der Waals surface area (Å²) in [6.45, 7) is 1.73. The monoisotopic (exact) mass is 306 g/mol. The first-order valence-corrected chi connectivity index (χ1v) is 6.77. The van der Waals surface area contributed by atoms with E-state index in [4.69, 9.17) is 15.7 Å². The molecule has 0 amide bonds. The van der Waals surface area contributed by atoms with Gasteiger partial charge in [-0.15, -0.1) is 0 Å². The number of aromatic amines is 1. The van der Waals surface area contributed by atoms with Gasteiger partial charge in [0.25, 0.3) is 5.56 Å². The lowest BCUT2D eigenvalue weighted by Gasteiger charge is -2.09. The number of benzene rings is 1. The van der Waals surface area contributed by atoms with Crippen LogP contribution in [0.3, 0.4) is 0 Å². The Morgan fingerprint density at radius 3 is 2.86 bits per heavy atom. The highest BCUT2D eigenvalue weighted by Gasteiger charge is 2.12. The third-order valence-electron chi connectivity index (χ3n) is 2.63. The Kier molecular flexibility index (Phi) is 4.49. The third kappa shape index (κ3) is 3.54. The van der Waals surface area contributed by atoms with Gasteiger partial charge in [0.05, 0.1) is 7.11 Å². The summed E-state index contributed by atoms with van der Waals surface area (Å²) in [6.07, 6.45) is 0. The van der Waals surface area contributed by atoms with Crippen LogP contribution in [0.1, 0.15) is 11.3 Å². The highest BCUT2D eigenvalue weighted by atomic mass is 32.2. The van der Waals surface area contributed by atoms with E-state index < -0.39 is 0 Å². The van der Waals surface area contributed by atoms with Crippen molar-refractivity contribution in [2.24, 2.45) is 10.9 Å². The van der Waals surface area contributed by atoms with Gasteiger partial charge in [-0.25, -0.2) is 4.98 Å². The van der Waals surface area contributed by atoms with Gasteiger partial charge in [0.1, 0.15) is 5.75 Å². The fourth-order valence-corrected chi connectivity index (χ4v) is 2.69. The fourth-order valence-electron chi connectivity index (χ4n) is 1.68. The van der Waals surface area contributed by atoms with E-state index in [1.54, 1.807) is 32.2 Å². The molecule has 1 heterocycles. The predicted molar refractivity (Wildman–Crippen MR) is 79.2 cm³/mol. The number of rotatable bonds is 4. The minimum atomic E-state index is -0.238. The second-order valence-electron chi connectivity index (χ2n) is 4.14. The minimum Gasteiger partial charge on any atom is -0.497 e. The van der Waals surface area contributed by atoms with Crippen LogP contribution in [0.5, 0.6) is 5.75 Å². The summed E-state index contributed by atoms with van der Waals surface area (Å²) in [4.78, 5) is 19.0. The van der Waals surface area contributed by atoms with Crippen molar-refractivity contribution in [1.82, 2.24) is 9.97 Å². The third-order valence-corrected chi connectivity index (χ3v) is 3.57. The van der Waals surface area contributed by atoms with Crippen molar-refractivity contribution in [2.45, 2.75) is 17.0 Å². The van der Waals surface area contributed by atoms with Crippen LogP contribution in [0.2, 0.25) is 0 Å². The van der Waals surface area contributed by atoms with Gasteiger partial charge in [-0.1, -0.05) is 16.9 Å². The van der Waals surface area contributed by atoms with Gasteiger partial charge in [0.2, 0.25) is 0 Å². The molecule has 0 radical (unpaired) electrons. The SMILES string of the molecule is COc1ccc(/C(N)=N/O)c(Sc2nc(C)cc(=O)[nH]2)c1. The van der Waals surface area contributed by atoms with Gasteiger partial charge in [-0.2, -0.15) is 0 Å². The zero-order chi connectivity index (χ0) is 15.4.